The van der Waals surface area contributed by atoms with E-state index in [1.807, 2.05) is 0 Å². The van der Waals surface area contributed by atoms with Gasteiger partial charge in [0.05, 0.1) is 7.11 Å². The molecule has 6 heteroatoms. The average Bonchev–Trinajstić information content (AvgIpc) is 2.35. The third kappa shape index (κ3) is 15.7. The van der Waals surface area contributed by atoms with Crippen LogP contribution >= 0.6 is 24.0 Å². The number of nitrogens with zero attached hydrogens (tertiary/aromatic N) is 1. The van der Waals surface area contributed by atoms with Crippen molar-refractivity contribution in [2.24, 2.45) is 4.99 Å². The number of carbonyl (C=O) groups is 1. The number of halogens is 1. The number of esters is 1. The Labute approximate surface area is 146 Å². The smallest absolute Gasteiger partial charge is 0.305 e. The molecule has 0 aliphatic heterocycles. The largest absolute Gasteiger partial charge is 0.469 e. The Balaban J connectivity index is 0. The van der Waals surface area contributed by atoms with Crippen LogP contribution in [0, 0.1) is 0 Å². The molecule has 126 valence electrons. The van der Waals surface area contributed by atoms with Gasteiger partial charge < -0.3 is 15.4 Å². The van der Waals surface area contributed by atoms with E-state index in [0.717, 1.165) is 44.7 Å². The minimum Gasteiger partial charge on any atom is -0.469 e. The lowest BCUT2D eigenvalue weighted by Crippen LogP contribution is -2.47. The predicted molar refractivity (Wildman–Crippen MR) is 99.4 cm³/mol. The van der Waals surface area contributed by atoms with Crippen LogP contribution in [0.4, 0.5) is 0 Å². The second-order valence-electron chi connectivity index (χ2n) is 5.88. The summed E-state index contributed by atoms with van der Waals surface area (Å²) in [6, 6.07) is 0. The van der Waals surface area contributed by atoms with Crippen LogP contribution in [-0.4, -0.2) is 37.7 Å². The molecule has 2 N–H and O–H groups in total. The summed E-state index contributed by atoms with van der Waals surface area (Å²) >= 11 is 0. The molecule has 0 bridgehead atoms. The molecule has 0 saturated carbocycles. The molecule has 0 aliphatic rings. The van der Waals surface area contributed by atoms with Gasteiger partial charge in [-0.1, -0.05) is 12.8 Å². The topological polar surface area (TPSA) is 62.7 Å². The highest BCUT2D eigenvalue weighted by Gasteiger charge is 2.11. The van der Waals surface area contributed by atoms with Gasteiger partial charge in [-0.3, -0.25) is 9.79 Å². The van der Waals surface area contributed by atoms with Gasteiger partial charge in [0.15, 0.2) is 5.96 Å². The van der Waals surface area contributed by atoms with E-state index in [4.69, 9.17) is 0 Å². The zero-order chi connectivity index (χ0) is 15.4. The SMILES string of the molecule is CCNC(=NCCCCCCC(=O)OC)NC(C)(C)C.I. The van der Waals surface area contributed by atoms with Crippen molar-refractivity contribution in [1.29, 1.82) is 0 Å². The number of guanidine groups is 1. The monoisotopic (exact) mass is 413 g/mol. The van der Waals surface area contributed by atoms with Crippen molar-refractivity contribution >= 4 is 35.9 Å². The van der Waals surface area contributed by atoms with Crippen LogP contribution in [0.15, 0.2) is 4.99 Å². The third-order valence-corrected chi connectivity index (χ3v) is 2.62. The van der Waals surface area contributed by atoms with Crippen molar-refractivity contribution < 1.29 is 9.53 Å². The molecule has 5 nitrogen and oxygen atoms in total. The zero-order valence-corrected chi connectivity index (χ0v) is 16.5. The number of carbonyl (C=O) groups excluding carboxylic acids is 1. The molecule has 0 aromatic rings. The van der Waals surface area contributed by atoms with Crippen molar-refractivity contribution in [2.75, 3.05) is 20.2 Å². The normalized spacial score (nSPS) is 11.6. The average molecular weight is 413 g/mol. The fourth-order valence-electron chi connectivity index (χ4n) is 1.69. The summed E-state index contributed by atoms with van der Waals surface area (Å²) in [6.45, 7) is 10.1. The molecule has 0 heterocycles. The lowest BCUT2D eigenvalue weighted by molar-refractivity contribution is -0.140. The summed E-state index contributed by atoms with van der Waals surface area (Å²) < 4.78 is 4.61. The highest BCUT2D eigenvalue weighted by Crippen LogP contribution is 2.04. The Morgan fingerprint density at radius 1 is 1.14 bits per heavy atom. The highest BCUT2D eigenvalue weighted by molar-refractivity contribution is 14.0. The second-order valence-corrected chi connectivity index (χ2v) is 5.88. The summed E-state index contributed by atoms with van der Waals surface area (Å²) in [7, 11) is 1.43. The molecule has 0 aromatic heterocycles. The lowest BCUT2D eigenvalue weighted by atomic mass is 10.1. The van der Waals surface area contributed by atoms with E-state index in [2.05, 4.69) is 48.1 Å². The van der Waals surface area contributed by atoms with Crippen LogP contribution in [0.2, 0.25) is 0 Å². The Morgan fingerprint density at radius 2 is 1.76 bits per heavy atom. The van der Waals surface area contributed by atoms with Gasteiger partial charge in [0.1, 0.15) is 0 Å². The van der Waals surface area contributed by atoms with Crippen molar-refractivity contribution in [3.05, 3.63) is 0 Å². The molecule has 0 unspecified atom stereocenters. The first kappa shape index (κ1) is 22.7. The van der Waals surface area contributed by atoms with Crippen LogP contribution in [-0.2, 0) is 9.53 Å². The molecule has 0 spiro atoms. The van der Waals surface area contributed by atoms with Gasteiger partial charge in [0.2, 0.25) is 0 Å². The van der Waals surface area contributed by atoms with E-state index < -0.39 is 0 Å². The summed E-state index contributed by atoms with van der Waals surface area (Å²) in [5.41, 5.74) is 0.0154. The molecule has 0 atom stereocenters. The number of methoxy groups -OCH3 is 1. The minimum absolute atomic E-state index is 0. The maximum absolute atomic E-state index is 10.9. The maximum atomic E-state index is 10.9. The quantitative estimate of drug-likeness (QED) is 0.211. The molecular weight excluding hydrogens is 381 g/mol. The third-order valence-electron chi connectivity index (χ3n) is 2.62. The molecule has 0 rings (SSSR count). The van der Waals surface area contributed by atoms with Gasteiger partial charge in [-0.2, -0.15) is 0 Å². The van der Waals surface area contributed by atoms with Crippen molar-refractivity contribution in [3.8, 4) is 0 Å². The fourth-order valence-corrected chi connectivity index (χ4v) is 1.69. The lowest BCUT2D eigenvalue weighted by Gasteiger charge is -2.23. The first-order chi connectivity index (χ1) is 9.39. The van der Waals surface area contributed by atoms with E-state index in [9.17, 15) is 4.79 Å². The van der Waals surface area contributed by atoms with Gasteiger partial charge in [-0.25, -0.2) is 0 Å². The summed E-state index contributed by atoms with van der Waals surface area (Å²) in [4.78, 5) is 15.5. The van der Waals surface area contributed by atoms with Crippen molar-refractivity contribution in [1.82, 2.24) is 10.6 Å². The molecule has 0 radical (unpaired) electrons. The standard InChI is InChI=1S/C15H31N3O2.HI/c1-6-16-14(18-15(2,3)4)17-12-10-8-7-9-11-13(19)20-5;/h6-12H2,1-5H3,(H2,16,17,18);1H. The van der Waals surface area contributed by atoms with E-state index >= 15 is 0 Å². The molecule has 0 fully saturated rings. The first-order valence-electron chi connectivity index (χ1n) is 7.52. The van der Waals surface area contributed by atoms with E-state index in [0.29, 0.717) is 6.42 Å². The fraction of sp³-hybridized carbons (Fsp3) is 0.867. The Hall–Kier alpha value is -0.530. The minimum atomic E-state index is -0.119. The zero-order valence-electron chi connectivity index (χ0n) is 14.1. The maximum Gasteiger partial charge on any atom is 0.305 e. The molecule has 0 saturated heterocycles. The van der Waals surface area contributed by atoms with Gasteiger partial charge in [0, 0.05) is 25.0 Å². The van der Waals surface area contributed by atoms with Crippen LogP contribution in [0.3, 0.4) is 0 Å². The van der Waals surface area contributed by atoms with Gasteiger partial charge in [-0.15, -0.1) is 24.0 Å². The number of rotatable bonds is 8. The van der Waals surface area contributed by atoms with Crippen LogP contribution in [0.1, 0.15) is 59.8 Å². The molecule has 21 heavy (non-hydrogen) atoms. The number of hydrogen-bond donors (Lipinski definition) is 2. The Kier molecular flexibility index (Phi) is 14.2. The molecule has 0 aliphatic carbocycles. The molecule has 0 aromatic carbocycles. The second kappa shape index (κ2) is 13.2. The summed E-state index contributed by atoms with van der Waals surface area (Å²) in [5, 5.41) is 6.60. The number of ether oxygens (including phenoxy) is 1. The highest BCUT2D eigenvalue weighted by atomic mass is 127. The van der Waals surface area contributed by atoms with E-state index in [1.165, 1.54) is 7.11 Å². The van der Waals surface area contributed by atoms with Crippen molar-refractivity contribution in [2.45, 2.75) is 65.3 Å². The summed E-state index contributed by atoms with van der Waals surface area (Å²) in [6.07, 6.45) is 4.61. The number of hydrogen-bond acceptors (Lipinski definition) is 3. The van der Waals surface area contributed by atoms with Gasteiger partial charge >= 0.3 is 5.97 Å². The van der Waals surface area contributed by atoms with Crippen LogP contribution in [0.5, 0.6) is 0 Å². The van der Waals surface area contributed by atoms with Gasteiger partial charge in [0.25, 0.3) is 0 Å². The first-order valence-corrected chi connectivity index (χ1v) is 7.52. The number of aliphatic imine (C=N–C) groups is 1. The van der Waals surface area contributed by atoms with E-state index in [1.54, 1.807) is 0 Å². The predicted octanol–water partition coefficient (Wildman–Crippen LogP) is 3.08. The van der Waals surface area contributed by atoms with Gasteiger partial charge in [-0.05, 0) is 40.5 Å². The van der Waals surface area contributed by atoms with E-state index in [-0.39, 0.29) is 35.5 Å². The van der Waals surface area contributed by atoms with Crippen LogP contribution in [0.25, 0.3) is 0 Å². The number of unbranched alkanes of at least 4 members (excludes halogenated alkanes) is 3. The summed E-state index contributed by atoms with van der Waals surface area (Å²) in [5.74, 6) is 0.751. The molecular formula is C15H32IN3O2. The van der Waals surface area contributed by atoms with Crippen molar-refractivity contribution in [3.63, 3.8) is 0 Å². The molecule has 0 amide bonds. The number of nitrogens with one attached hydrogen (secondary N) is 2. The Morgan fingerprint density at radius 3 is 2.29 bits per heavy atom. The van der Waals surface area contributed by atoms with Crippen LogP contribution < -0.4 is 10.6 Å². The Bertz CT molecular complexity index is 302.